The first-order valence-electron chi connectivity index (χ1n) is 8.72. The van der Waals surface area contributed by atoms with E-state index in [9.17, 15) is 9.59 Å². The molecule has 130 valence electrons. The molecule has 5 nitrogen and oxygen atoms in total. The zero-order chi connectivity index (χ0) is 17.4. The van der Waals surface area contributed by atoms with E-state index in [0.29, 0.717) is 21.0 Å². The van der Waals surface area contributed by atoms with Crippen LogP contribution in [0.25, 0.3) is 10.2 Å². The fourth-order valence-corrected chi connectivity index (χ4v) is 4.33. The molecule has 3 heterocycles. The number of amides is 1. The lowest BCUT2D eigenvalue weighted by molar-refractivity contribution is 0.0941. The molecule has 3 rings (SSSR count). The van der Waals surface area contributed by atoms with Crippen LogP contribution in [0.1, 0.15) is 61.1 Å². The Bertz CT molecular complexity index is 835. The van der Waals surface area contributed by atoms with Gasteiger partial charge < -0.3 is 5.32 Å². The highest BCUT2D eigenvalue weighted by atomic mass is 32.1. The third-order valence-electron chi connectivity index (χ3n) is 4.67. The molecule has 1 aliphatic rings. The average Bonchev–Trinajstić information content (AvgIpc) is 3.10. The smallest absolute Gasteiger partial charge is 0.262 e. The van der Waals surface area contributed by atoms with Crippen molar-refractivity contribution in [3.8, 4) is 0 Å². The number of rotatable bonds is 5. The Kier molecular flexibility index (Phi) is 4.76. The summed E-state index contributed by atoms with van der Waals surface area (Å²) in [5, 5.41) is 3.68. The van der Waals surface area contributed by atoms with Gasteiger partial charge in [-0.3, -0.25) is 14.2 Å². The van der Waals surface area contributed by atoms with Gasteiger partial charge in [0.1, 0.15) is 10.7 Å². The molecule has 1 unspecified atom stereocenters. The number of fused-ring (bicyclic) bond motifs is 2. The summed E-state index contributed by atoms with van der Waals surface area (Å²) in [6, 6.07) is 0.128. The van der Waals surface area contributed by atoms with Crippen molar-refractivity contribution in [1.82, 2.24) is 14.9 Å². The van der Waals surface area contributed by atoms with Gasteiger partial charge in [0.05, 0.1) is 10.3 Å². The summed E-state index contributed by atoms with van der Waals surface area (Å²) >= 11 is 1.34. The zero-order valence-electron chi connectivity index (χ0n) is 14.8. The molecule has 0 spiro atoms. The van der Waals surface area contributed by atoms with Gasteiger partial charge in [-0.1, -0.05) is 13.8 Å². The standard InChI is InChI=1S/C18H25N3O2S/c1-10(2)7-8-11(3)19-16(22)15-12(4)14-17(24-15)20-13-6-5-9-21(13)18(14)23/h10-11H,5-9H2,1-4H3,(H,19,22). The molecule has 2 aromatic heterocycles. The van der Waals surface area contributed by atoms with Crippen LogP contribution >= 0.6 is 11.3 Å². The Labute approximate surface area is 146 Å². The van der Waals surface area contributed by atoms with E-state index in [1.165, 1.54) is 11.3 Å². The van der Waals surface area contributed by atoms with E-state index < -0.39 is 0 Å². The second-order valence-electron chi connectivity index (χ2n) is 7.17. The Morgan fingerprint density at radius 1 is 1.33 bits per heavy atom. The molecule has 0 saturated carbocycles. The molecule has 1 aliphatic heterocycles. The fourth-order valence-electron chi connectivity index (χ4n) is 3.24. The Morgan fingerprint density at radius 3 is 2.79 bits per heavy atom. The van der Waals surface area contributed by atoms with Crippen LogP contribution in [0.2, 0.25) is 0 Å². The summed E-state index contributed by atoms with van der Waals surface area (Å²) in [5.41, 5.74) is 0.774. The van der Waals surface area contributed by atoms with Gasteiger partial charge in [0.2, 0.25) is 0 Å². The van der Waals surface area contributed by atoms with Crippen LogP contribution in [-0.4, -0.2) is 21.5 Å². The van der Waals surface area contributed by atoms with E-state index in [1.807, 2.05) is 13.8 Å². The highest BCUT2D eigenvalue weighted by Gasteiger charge is 2.23. The Balaban J connectivity index is 1.88. The van der Waals surface area contributed by atoms with Crippen molar-refractivity contribution in [3.63, 3.8) is 0 Å². The van der Waals surface area contributed by atoms with Gasteiger partial charge in [0, 0.05) is 19.0 Å². The van der Waals surface area contributed by atoms with E-state index >= 15 is 0 Å². The molecule has 0 bridgehead atoms. The van der Waals surface area contributed by atoms with Gasteiger partial charge in [0.15, 0.2) is 0 Å². The number of thiophene rings is 1. The van der Waals surface area contributed by atoms with Gasteiger partial charge in [-0.25, -0.2) is 4.98 Å². The van der Waals surface area contributed by atoms with E-state index in [2.05, 4.69) is 24.1 Å². The van der Waals surface area contributed by atoms with Gasteiger partial charge in [-0.15, -0.1) is 11.3 Å². The van der Waals surface area contributed by atoms with E-state index in [4.69, 9.17) is 0 Å². The fraction of sp³-hybridized carbons (Fsp3) is 0.611. The van der Waals surface area contributed by atoms with Crippen molar-refractivity contribution in [2.24, 2.45) is 5.92 Å². The van der Waals surface area contributed by atoms with Crippen molar-refractivity contribution in [1.29, 1.82) is 0 Å². The monoisotopic (exact) mass is 347 g/mol. The molecule has 1 atom stereocenters. The first kappa shape index (κ1) is 17.1. The summed E-state index contributed by atoms with van der Waals surface area (Å²) in [6.45, 7) is 8.99. The van der Waals surface area contributed by atoms with E-state index in [-0.39, 0.29) is 17.5 Å². The molecule has 24 heavy (non-hydrogen) atoms. The minimum absolute atomic E-state index is 0.00755. The minimum Gasteiger partial charge on any atom is -0.349 e. The third-order valence-corrected chi connectivity index (χ3v) is 5.86. The van der Waals surface area contributed by atoms with Crippen LogP contribution < -0.4 is 10.9 Å². The number of nitrogens with one attached hydrogen (secondary N) is 1. The van der Waals surface area contributed by atoms with E-state index in [1.54, 1.807) is 4.57 Å². The maximum Gasteiger partial charge on any atom is 0.262 e. The molecular formula is C18H25N3O2S. The predicted octanol–water partition coefficient (Wildman–Crippen LogP) is 3.27. The molecule has 0 saturated heterocycles. The average molecular weight is 347 g/mol. The number of nitrogens with zero attached hydrogens (tertiary/aromatic N) is 2. The number of hydrogen-bond donors (Lipinski definition) is 1. The molecule has 0 radical (unpaired) electrons. The van der Waals surface area contributed by atoms with Crippen molar-refractivity contribution in [3.05, 3.63) is 26.6 Å². The number of aryl methyl sites for hydroxylation is 2. The first-order chi connectivity index (χ1) is 11.4. The molecule has 1 amide bonds. The Hall–Kier alpha value is -1.69. The van der Waals surface area contributed by atoms with Crippen LogP contribution in [0, 0.1) is 12.8 Å². The SMILES string of the molecule is Cc1c(C(=O)NC(C)CCC(C)C)sc2nc3n(c(=O)c12)CCC3. The highest BCUT2D eigenvalue weighted by Crippen LogP contribution is 2.28. The van der Waals surface area contributed by atoms with Crippen LogP contribution in [0.5, 0.6) is 0 Å². The van der Waals surface area contributed by atoms with Crippen LogP contribution in [0.15, 0.2) is 4.79 Å². The second-order valence-corrected chi connectivity index (χ2v) is 8.17. The Morgan fingerprint density at radius 2 is 2.08 bits per heavy atom. The molecular weight excluding hydrogens is 322 g/mol. The van der Waals surface area contributed by atoms with Gasteiger partial charge >= 0.3 is 0 Å². The van der Waals surface area contributed by atoms with Crippen molar-refractivity contribution >= 4 is 27.5 Å². The van der Waals surface area contributed by atoms with Crippen LogP contribution in [0.4, 0.5) is 0 Å². The lowest BCUT2D eigenvalue weighted by Gasteiger charge is -2.14. The highest BCUT2D eigenvalue weighted by molar-refractivity contribution is 7.20. The summed E-state index contributed by atoms with van der Waals surface area (Å²) in [7, 11) is 0. The van der Waals surface area contributed by atoms with Crippen LogP contribution in [-0.2, 0) is 13.0 Å². The number of carbonyl (C=O) groups excluding carboxylic acids is 1. The van der Waals surface area contributed by atoms with Gasteiger partial charge in [-0.2, -0.15) is 0 Å². The molecule has 6 heteroatoms. The molecule has 2 aromatic rings. The molecule has 0 aliphatic carbocycles. The maximum absolute atomic E-state index is 12.7. The number of hydrogen-bond acceptors (Lipinski definition) is 4. The van der Waals surface area contributed by atoms with Gasteiger partial charge in [-0.05, 0) is 44.6 Å². The molecule has 0 fully saturated rings. The van der Waals surface area contributed by atoms with Crippen molar-refractivity contribution in [2.75, 3.05) is 0 Å². The maximum atomic E-state index is 12.7. The summed E-state index contributed by atoms with van der Waals surface area (Å²) < 4.78 is 1.76. The zero-order valence-corrected chi connectivity index (χ0v) is 15.6. The van der Waals surface area contributed by atoms with E-state index in [0.717, 1.165) is 43.6 Å². The largest absolute Gasteiger partial charge is 0.349 e. The quantitative estimate of drug-likeness (QED) is 0.903. The predicted molar refractivity (Wildman–Crippen MR) is 97.9 cm³/mol. The lowest BCUT2D eigenvalue weighted by atomic mass is 10.0. The topological polar surface area (TPSA) is 64.0 Å². The van der Waals surface area contributed by atoms with Crippen molar-refractivity contribution < 1.29 is 4.79 Å². The third kappa shape index (κ3) is 3.11. The minimum atomic E-state index is -0.0867. The normalized spacial score (nSPS) is 15.0. The number of carbonyl (C=O) groups is 1. The van der Waals surface area contributed by atoms with Gasteiger partial charge in [0.25, 0.3) is 11.5 Å². The second kappa shape index (κ2) is 6.67. The lowest BCUT2D eigenvalue weighted by Crippen LogP contribution is -2.32. The summed E-state index contributed by atoms with van der Waals surface area (Å²) in [5.74, 6) is 1.39. The summed E-state index contributed by atoms with van der Waals surface area (Å²) in [6.07, 6.45) is 3.86. The molecule has 1 N–H and O–H groups in total. The van der Waals surface area contributed by atoms with Crippen molar-refractivity contribution in [2.45, 2.75) is 66.0 Å². The first-order valence-corrected chi connectivity index (χ1v) is 9.53. The summed E-state index contributed by atoms with van der Waals surface area (Å²) in [4.78, 5) is 31.2. The van der Waals surface area contributed by atoms with Crippen LogP contribution in [0.3, 0.4) is 0 Å². The molecule has 0 aromatic carbocycles. The number of aromatic nitrogens is 2.